The van der Waals surface area contributed by atoms with Gasteiger partial charge in [0.05, 0.1) is 23.8 Å². The second-order valence-corrected chi connectivity index (χ2v) is 3.00. The van der Waals surface area contributed by atoms with Gasteiger partial charge in [0.15, 0.2) is 0 Å². The zero-order valence-corrected chi connectivity index (χ0v) is 7.57. The Labute approximate surface area is 75.6 Å². The van der Waals surface area contributed by atoms with Gasteiger partial charge in [-0.3, -0.25) is 9.78 Å². The summed E-state index contributed by atoms with van der Waals surface area (Å²) in [6.45, 7) is 1.99. The lowest BCUT2D eigenvalue weighted by Crippen LogP contribution is -1.97. The van der Waals surface area contributed by atoms with Crippen molar-refractivity contribution in [3.63, 3.8) is 0 Å². The van der Waals surface area contributed by atoms with Crippen LogP contribution in [0.2, 0.25) is 0 Å². The van der Waals surface area contributed by atoms with E-state index in [9.17, 15) is 0 Å². The molecule has 0 spiro atoms. The van der Waals surface area contributed by atoms with E-state index in [4.69, 9.17) is 5.73 Å². The molecule has 0 aliphatic carbocycles. The van der Waals surface area contributed by atoms with Crippen molar-refractivity contribution in [2.45, 2.75) is 6.92 Å². The number of hydrogen-bond donors (Lipinski definition) is 2. The molecule has 0 unspecified atom stereocenters. The average Bonchev–Trinajstić information content (AvgIpc) is 2.60. The van der Waals surface area contributed by atoms with Gasteiger partial charge in [0, 0.05) is 7.05 Å². The maximum Gasteiger partial charge on any atom is 0.106 e. The topological polar surface area (TPSA) is 72.5 Å². The van der Waals surface area contributed by atoms with Crippen molar-refractivity contribution in [3.8, 4) is 11.4 Å². The van der Waals surface area contributed by atoms with Gasteiger partial charge in [-0.05, 0) is 12.5 Å². The molecule has 5 nitrogen and oxygen atoms in total. The Kier molecular flexibility index (Phi) is 1.58. The van der Waals surface area contributed by atoms with Crippen LogP contribution >= 0.6 is 0 Å². The zero-order chi connectivity index (χ0) is 9.42. The number of anilines is 1. The number of nitrogens with one attached hydrogen (secondary N) is 1. The third-order valence-corrected chi connectivity index (χ3v) is 2.03. The van der Waals surface area contributed by atoms with E-state index in [-0.39, 0.29) is 0 Å². The van der Waals surface area contributed by atoms with Crippen molar-refractivity contribution in [1.29, 1.82) is 0 Å². The summed E-state index contributed by atoms with van der Waals surface area (Å²) < 4.78 is 1.78. The van der Waals surface area contributed by atoms with Crippen molar-refractivity contribution >= 4 is 5.69 Å². The molecule has 0 amide bonds. The van der Waals surface area contributed by atoms with E-state index in [0.717, 1.165) is 17.0 Å². The molecule has 13 heavy (non-hydrogen) atoms. The summed E-state index contributed by atoms with van der Waals surface area (Å²) >= 11 is 0. The fourth-order valence-electron chi connectivity index (χ4n) is 1.39. The first-order valence-corrected chi connectivity index (χ1v) is 3.98. The zero-order valence-electron chi connectivity index (χ0n) is 7.57. The van der Waals surface area contributed by atoms with E-state index in [2.05, 4.69) is 15.3 Å². The minimum atomic E-state index is 0.645. The summed E-state index contributed by atoms with van der Waals surface area (Å²) in [4.78, 5) is 0. The van der Waals surface area contributed by atoms with Crippen LogP contribution < -0.4 is 5.73 Å². The fraction of sp³-hybridized carbons (Fsp3) is 0.250. The van der Waals surface area contributed by atoms with Gasteiger partial charge in [-0.25, -0.2) is 0 Å². The number of aromatic amines is 1. The van der Waals surface area contributed by atoms with Crippen LogP contribution in [0.3, 0.4) is 0 Å². The van der Waals surface area contributed by atoms with Gasteiger partial charge < -0.3 is 5.73 Å². The monoisotopic (exact) mass is 177 g/mol. The first-order chi connectivity index (χ1) is 6.20. The Hall–Kier alpha value is -1.78. The first kappa shape index (κ1) is 7.85. The first-order valence-electron chi connectivity index (χ1n) is 3.98. The second-order valence-electron chi connectivity index (χ2n) is 3.00. The molecular weight excluding hydrogens is 166 g/mol. The summed E-state index contributed by atoms with van der Waals surface area (Å²) in [6, 6.07) is 0. The molecule has 0 bridgehead atoms. The van der Waals surface area contributed by atoms with Crippen LogP contribution in [0.15, 0.2) is 12.4 Å². The maximum atomic E-state index is 5.73. The average molecular weight is 177 g/mol. The standard InChI is InChI=1S/C8H11N5/c1-5-3-11-13(2)8(5)7-6(9)4-10-12-7/h3-4H,9H2,1-2H3,(H,10,12). The number of nitrogens with two attached hydrogens (primary N) is 1. The van der Waals surface area contributed by atoms with E-state index in [1.54, 1.807) is 17.1 Å². The van der Waals surface area contributed by atoms with Gasteiger partial charge in [-0.1, -0.05) is 0 Å². The fourth-order valence-corrected chi connectivity index (χ4v) is 1.39. The summed E-state index contributed by atoms with van der Waals surface area (Å²) in [5.41, 5.74) is 9.27. The number of aromatic nitrogens is 4. The quantitative estimate of drug-likeness (QED) is 0.673. The molecule has 0 saturated carbocycles. The molecule has 2 aromatic rings. The molecule has 0 aliphatic heterocycles. The minimum absolute atomic E-state index is 0.645. The molecule has 2 aromatic heterocycles. The minimum Gasteiger partial charge on any atom is -0.396 e. The predicted molar refractivity (Wildman–Crippen MR) is 49.9 cm³/mol. The number of nitrogens with zero attached hydrogens (tertiary/aromatic N) is 3. The van der Waals surface area contributed by atoms with Crippen LogP contribution in [-0.4, -0.2) is 20.0 Å². The summed E-state index contributed by atoms with van der Waals surface area (Å²) in [5.74, 6) is 0. The lowest BCUT2D eigenvalue weighted by atomic mass is 10.2. The third-order valence-electron chi connectivity index (χ3n) is 2.03. The predicted octanol–water partition coefficient (Wildman–Crippen LogP) is 0.701. The van der Waals surface area contributed by atoms with Crippen LogP contribution in [-0.2, 0) is 7.05 Å². The number of nitrogen functional groups attached to an aromatic ring is 1. The number of aryl methyl sites for hydroxylation is 2. The smallest absolute Gasteiger partial charge is 0.106 e. The van der Waals surface area contributed by atoms with E-state index < -0.39 is 0 Å². The van der Waals surface area contributed by atoms with E-state index in [1.807, 2.05) is 14.0 Å². The molecule has 2 heterocycles. The van der Waals surface area contributed by atoms with Crippen molar-refractivity contribution in [3.05, 3.63) is 18.0 Å². The van der Waals surface area contributed by atoms with Gasteiger partial charge in [-0.15, -0.1) is 0 Å². The van der Waals surface area contributed by atoms with Crippen LogP contribution in [0.5, 0.6) is 0 Å². The molecule has 0 aliphatic rings. The van der Waals surface area contributed by atoms with E-state index >= 15 is 0 Å². The molecule has 2 rings (SSSR count). The molecule has 0 saturated heterocycles. The third kappa shape index (κ3) is 1.09. The molecule has 0 atom stereocenters. The maximum absolute atomic E-state index is 5.73. The molecule has 68 valence electrons. The van der Waals surface area contributed by atoms with E-state index in [0.29, 0.717) is 5.69 Å². The Bertz CT molecular complexity index is 406. The second kappa shape index (κ2) is 2.62. The van der Waals surface area contributed by atoms with Crippen molar-refractivity contribution < 1.29 is 0 Å². The Morgan fingerprint density at radius 1 is 1.46 bits per heavy atom. The van der Waals surface area contributed by atoms with Gasteiger partial charge in [0.1, 0.15) is 5.69 Å². The van der Waals surface area contributed by atoms with Crippen LogP contribution in [0.25, 0.3) is 11.4 Å². The molecule has 0 fully saturated rings. The Morgan fingerprint density at radius 3 is 2.69 bits per heavy atom. The van der Waals surface area contributed by atoms with Gasteiger partial charge in [0.25, 0.3) is 0 Å². The highest BCUT2D eigenvalue weighted by Gasteiger charge is 2.11. The highest BCUT2D eigenvalue weighted by Crippen LogP contribution is 2.24. The number of rotatable bonds is 1. The Morgan fingerprint density at radius 2 is 2.23 bits per heavy atom. The van der Waals surface area contributed by atoms with Crippen molar-refractivity contribution in [1.82, 2.24) is 20.0 Å². The normalized spacial score (nSPS) is 10.6. The highest BCUT2D eigenvalue weighted by atomic mass is 15.3. The summed E-state index contributed by atoms with van der Waals surface area (Å²) in [5, 5.41) is 10.8. The van der Waals surface area contributed by atoms with Crippen LogP contribution in [0.4, 0.5) is 5.69 Å². The van der Waals surface area contributed by atoms with Gasteiger partial charge >= 0.3 is 0 Å². The molecular formula is C8H11N5. The Balaban J connectivity index is 2.64. The van der Waals surface area contributed by atoms with Crippen molar-refractivity contribution in [2.24, 2.45) is 7.05 Å². The highest BCUT2D eigenvalue weighted by molar-refractivity contribution is 5.71. The molecule has 3 N–H and O–H groups in total. The molecule has 0 radical (unpaired) electrons. The lowest BCUT2D eigenvalue weighted by Gasteiger charge is -2.01. The summed E-state index contributed by atoms with van der Waals surface area (Å²) in [7, 11) is 1.88. The van der Waals surface area contributed by atoms with E-state index in [1.165, 1.54) is 0 Å². The van der Waals surface area contributed by atoms with Gasteiger partial charge in [0.2, 0.25) is 0 Å². The van der Waals surface area contributed by atoms with Crippen LogP contribution in [0.1, 0.15) is 5.56 Å². The number of hydrogen-bond acceptors (Lipinski definition) is 3. The lowest BCUT2D eigenvalue weighted by molar-refractivity contribution is 0.772. The van der Waals surface area contributed by atoms with Gasteiger partial charge in [-0.2, -0.15) is 10.2 Å². The largest absolute Gasteiger partial charge is 0.396 e. The van der Waals surface area contributed by atoms with Crippen molar-refractivity contribution in [2.75, 3.05) is 5.73 Å². The number of H-pyrrole nitrogens is 1. The van der Waals surface area contributed by atoms with Crippen LogP contribution in [0, 0.1) is 6.92 Å². The molecule has 5 heteroatoms. The SMILES string of the molecule is Cc1cnn(C)c1-c1[nH]ncc1N. The summed E-state index contributed by atoms with van der Waals surface area (Å²) in [6.07, 6.45) is 3.40. The molecule has 0 aromatic carbocycles.